The standard InChI is InChI=1S/C20H30O4/c1-17-7-3-8-18(2,16(22)23)13(17)6-9-19-10-12(4-5-14(17)19)20(11-21)15(19)24-20/h12-15,21H,3-11H2,1-2H3,(H,22,23)/t12-,13+,14+,15-,17-,18-,19?,20+/m1/s1. The van der Waals surface area contributed by atoms with Crippen LogP contribution in [0.3, 0.4) is 0 Å². The molecule has 4 nitrogen and oxygen atoms in total. The quantitative estimate of drug-likeness (QED) is 0.761. The summed E-state index contributed by atoms with van der Waals surface area (Å²) in [5.41, 5.74) is -0.467. The summed E-state index contributed by atoms with van der Waals surface area (Å²) in [5, 5.41) is 19.9. The number of hydrogen-bond donors (Lipinski definition) is 2. The Labute approximate surface area is 144 Å². The van der Waals surface area contributed by atoms with Crippen LogP contribution < -0.4 is 0 Å². The van der Waals surface area contributed by atoms with Crippen molar-refractivity contribution < 1.29 is 19.7 Å². The molecule has 4 heteroatoms. The maximum atomic E-state index is 12.1. The third-order valence-corrected chi connectivity index (χ3v) is 9.47. The molecule has 4 aliphatic carbocycles. The summed E-state index contributed by atoms with van der Waals surface area (Å²) in [6, 6.07) is 0. The predicted octanol–water partition coefficient (Wildman–Crippen LogP) is 3.22. The summed E-state index contributed by atoms with van der Waals surface area (Å²) < 4.78 is 6.17. The maximum absolute atomic E-state index is 12.1. The zero-order chi connectivity index (χ0) is 17.0. The highest BCUT2D eigenvalue weighted by atomic mass is 16.6. The number of rotatable bonds is 2. The fraction of sp³-hybridized carbons (Fsp3) is 0.950. The molecule has 1 saturated heterocycles. The summed E-state index contributed by atoms with van der Waals surface area (Å²) in [6.07, 6.45) is 8.93. The van der Waals surface area contributed by atoms with Crippen LogP contribution in [0.1, 0.15) is 65.2 Å². The number of aliphatic carboxylic acids is 1. The van der Waals surface area contributed by atoms with E-state index in [4.69, 9.17) is 4.74 Å². The van der Waals surface area contributed by atoms with Gasteiger partial charge in [-0.1, -0.05) is 13.3 Å². The van der Waals surface area contributed by atoms with Gasteiger partial charge in [0.2, 0.25) is 0 Å². The first kappa shape index (κ1) is 15.6. The third kappa shape index (κ3) is 1.48. The molecule has 1 aliphatic heterocycles. The van der Waals surface area contributed by atoms with E-state index < -0.39 is 11.4 Å². The molecule has 134 valence electrons. The van der Waals surface area contributed by atoms with Crippen LogP contribution in [-0.4, -0.2) is 34.5 Å². The maximum Gasteiger partial charge on any atom is 0.309 e. The van der Waals surface area contributed by atoms with Crippen LogP contribution in [-0.2, 0) is 9.53 Å². The number of carboxylic acids is 1. The number of epoxide rings is 1. The molecule has 1 heterocycles. The van der Waals surface area contributed by atoms with E-state index in [0.717, 1.165) is 38.5 Å². The smallest absolute Gasteiger partial charge is 0.309 e. The van der Waals surface area contributed by atoms with Gasteiger partial charge in [0, 0.05) is 5.41 Å². The van der Waals surface area contributed by atoms with Gasteiger partial charge in [-0.25, -0.2) is 0 Å². The Morgan fingerprint density at radius 3 is 2.62 bits per heavy atom. The van der Waals surface area contributed by atoms with Crippen molar-refractivity contribution >= 4 is 5.97 Å². The van der Waals surface area contributed by atoms with Gasteiger partial charge in [0.15, 0.2) is 0 Å². The predicted molar refractivity (Wildman–Crippen MR) is 88.4 cm³/mol. The van der Waals surface area contributed by atoms with Crippen molar-refractivity contribution in [2.75, 3.05) is 6.61 Å². The molecule has 0 radical (unpaired) electrons. The van der Waals surface area contributed by atoms with Crippen molar-refractivity contribution in [2.24, 2.45) is 34.0 Å². The number of hydrogen-bond acceptors (Lipinski definition) is 3. The van der Waals surface area contributed by atoms with E-state index in [0.29, 0.717) is 11.8 Å². The van der Waals surface area contributed by atoms with Gasteiger partial charge < -0.3 is 14.9 Å². The third-order valence-electron chi connectivity index (χ3n) is 9.47. The molecule has 1 spiro atoms. The van der Waals surface area contributed by atoms with E-state index in [1.165, 1.54) is 12.8 Å². The monoisotopic (exact) mass is 334 g/mol. The number of carboxylic acid groups (broad SMARTS) is 1. The average Bonchev–Trinajstić information content (AvgIpc) is 3.27. The SMILES string of the molecule is C[C@@]12CCC[C@@](C)(C(=O)O)[C@H]1CCC13C[C@@H](CC[C@H]12)[C@]1(CO)O[C@H]31. The van der Waals surface area contributed by atoms with Gasteiger partial charge in [-0.05, 0) is 75.0 Å². The van der Waals surface area contributed by atoms with Crippen LogP contribution in [0.4, 0.5) is 0 Å². The van der Waals surface area contributed by atoms with Crippen molar-refractivity contribution in [3.63, 3.8) is 0 Å². The largest absolute Gasteiger partial charge is 0.481 e. The first-order valence-electron chi connectivity index (χ1n) is 9.86. The zero-order valence-corrected chi connectivity index (χ0v) is 14.9. The summed E-state index contributed by atoms with van der Waals surface area (Å²) in [7, 11) is 0. The minimum Gasteiger partial charge on any atom is -0.481 e. The molecular weight excluding hydrogens is 304 g/mol. The lowest BCUT2D eigenvalue weighted by atomic mass is 9.40. The summed E-state index contributed by atoms with van der Waals surface area (Å²) in [5.74, 6) is 0.784. The normalized spacial score (nSPS) is 60.8. The molecule has 4 saturated carbocycles. The Kier molecular flexibility index (Phi) is 2.85. The van der Waals surface area contributed by atoms with Crippen LogP contribution >= 0.6 is 0 Å². The Balaban J connectivity index is 1.56. The number of fused-ring (bicyclic) bond motifs is 5. The summed E-state index contributed by atoms with van der Waals surface area (Å²) in [6.45, 7) is 4.57. The molecule has 8 atom stereocenters. The first-order valence-corrected chi connectivity index (χ1v) is 9.86. The minimum absolute atomic E-state index is 0.117. The zero-order valence-electron chi connectivity index (χ0n) is 14.9. The van der Waals surface area contributed by atoms with E-state index in [-0.39, 0.29) is 35.1 Å². The van der Waals surface area contributed by atoms with E-state index >= 15 is 0 Å². The van der Waals surface area contributed by atoms with Gasteiger partial charge in [0.25, 0.3) is 0 Å². The van der Waals surface area contributed by atoms with Gasteiger partial charge in [-0.15, -0.1) is 0 Å². The van der Waals surface area contributed by atoms with Crippen LogP contribution in [0.15, 0.2) is 0 Å². The van der Waals surface area contributed by atoms with Crippen molar-refractivity contribution in [1.82, 2.24) is 0 Å². The lowest BCUT2D eigenvalue weighted by Crippen LogP contribution is -2.59. The van der Waals surface area contributed by atoms with E-state index in [1.54, 1.807) is 0 Å². The highest BCUT2D eigenvalue weighted by Crippen LogP contribution is 2.78. The highest BCUT2D eigenvalue weighted by Gasteiger charge is 2.80. The second-order valence-corrected chi connectivity index (χ2v) is 10.0. The van der Waals surface area contributed by atoms with Crippen molar-refractivity contribution in [1.29, 1.82) is 0 Å². The highest BCUT2D eigenvalue weighted by molar-refractivity contribution is 5.75. The van der Waals surface area contributed by atoms with Crippen molar-refractivity contribution in [2.45, 2.75) is 76.9 Å². The fourth-order valence-electron chi connectivity index (χ4n) is 8.46. The Bertz CT molecular complexity index is 604. The molecular formula is C20H30O4. The molecule has 24 heavy (non-hydrogen) atoms. The van der Waals surface area contributed by atoms with Crippen LogP contribution in [0, 0.1) is 34.0 Å². The lowest BCUT2D eigenvalue weighted by molar-refractivity contribution is -0.187. The molecule has 0 aromatic carbocycles. The second-order valence-electron chi connectivity index (χ2n) is 10.0. The van der Waals surface area contributed by atoms with Crippen molar-refractivity contribution in [3.05, 3.63) is 0 Å². The lowest BCUT2D eigenvalue weighted by Gasteiger charge is -2.63. The molecule has 5 aliphatic rings. The van der Waals surface area contributed by atoms with Crippen LogP contribution in [0.2, 0.25) is 0 Å². The minimum atomic E-state index is -0.596. The van der Waals surface area contributed by atoms with Gasteiger partial charge in [-0.2, -0.15) is 0 Å². The summed E-state index contributed by atoms with van der Waals surface area (Å²) >= 11 is 0. The van der Waals surface area contributed by atoms with Crippen LogP contribution in [0.25, 0.3) is 0 Å². The van der Waals surface area contributed by atoms with Gasteiger partial charge >= 0.3 is 5.97 Å². The molecule has 0 aromatic rings. The van der Waals surface area contributed by atoms with Gasteiger partial charge in [0.05, 0.1) is 18.1 Å². The molecule has 5 rings (SSSR count). The molecule has 1 unspecified atom stereocenters. The number of ether oxygens (including phenoxy) is 1. The number of aliphatic hydroxyl groups is 1. The molecule has 2 N–H and O–H groups in total. The molecule has 5 fully saturated rings. The number of carbonyl (C=O) groups is 1. The Morgan fingerprint density at radius 2 is 1.92 bits per heavy atom. The topological polar surface area (TPSA) is 70.1 Å². The average molecular weight is 334 g/mol. The van der Waals surface area contributed by atoms with E-state index in [2.05, 4.69) is 6.92 Å². The second kappa shape index (κ2) is 4.37. The first-order chi connectivity index (χ1) is 11.3. The fourth-order valence-corrected chi connectivity index (χ4v) is 8.46. The van der Waals surface area contributed by atoms with Gasteiger partial charge in [0.1, 0.15) is 5.60 Å². The van der Waals surface area contributed by atoms with Gasteiger partial charge in [-0.3, -0.25) is 4.79 Å². The Hall–Kier alpha value is -0.610. The van der Waals surface area contributed by atoms with E-state index in [9.17, 15) is 15.0 Å². The number of aliphatic hydroxyl groups excluding tert-OH is 1. The molecule has 0 aromatic heterocycles. The molecule has 2 bridgehead atoms. The van der Waals surface area contributed by atoms with E-state index in [1.807, 2.05) is 6.92 Å². The van der Waals surface area contributed by atoms with Crippen LogP contribution in [0.5, 0.6) is 0 Å². The molecule has 0 amide bonds. The Morgan fingerprint density at radius 1 is 1.12 bits per heavy atom. The summed E-state index contributed by atoms with van der Waals surface area (Å²) in [4.78, 5) is 12.1. The van der Waals surface area contributed by atoms with Crippen molar-refractivity contribution in [3.8, 4) is 0 Å².